The van der Waals surface area contributed by atoms with Gasteiger partial charge in [0, 0.05) is 33.3 Å². The molecule has 11 heteroatoms. The molecule has 9 nitrogen and oxygen atoms in total. The quantitative estimate of drug-likeness (QED) is 0.101. The van der Waals surface area contributed by atoms with Gasteiger partial charge in [-0.25, -0.2) is 3.63 Å². The normalized spacial score (nSPS) is 11.8. The van der Waals surface area contributed by atoms with Crippen LogP contribution in [0.3, 0.4) is 0 Å². The van der Waals surface area contributed by atoms with Crippen LogP contribution in [0.25, 0.3) is 0 Å². The molecule has 3 heterocycles. The number of ether oxygens (including phenoxy) is 3. The summed E-state index contributed by atoms with van der Waals surface area (Å²) >= 11 is 0. The molecule has 7 rings (SSSR count). The molecule has 0 saturated heterocycles. The van der Waals surface area contributed by atoms with Crippen molar-refractivity contribution in [1.82, 2.24) is 15.0 Å². The maximum Gasteiger partial charge on any atom is 0.307 e. The lowest BCUT2D eigenvalue weighted by molar-refractivity contribution is 0.300. The molecule has 0 aliphatic carbocycles. The summed E-state index contributed by atoms with van der Waals surface area (Å²) in [6.07, 6.45) is 5.12. The molecule has 0 unspecified atom stereocenters. The van der Waals surface area contributed by atoms with E-state index in [1.807, 2.05) is 134 Å². The van der Waals surface area contributed by atoms with Crippen LogP contribution in [0.2, 0.25) is 0 Å². The molecule has 7 aromatic rings. The van der Waals surface area contributed by atoms with Crippen molar-refractivity contribution in [3.63, 3.8) is 0 Å². The first-order chi connectivity index (χ1) is 26.4. The van der Waals surface area contributed by atoms with Gasteiger partial charge < -0.3 is 14.2 Å². The fourth-order valence-electron chi connectivity index (χ4n) is 5.56. The van der Waals surface area contributed by atoms with Crippen LogP contribution in [0.4, 0.5) is 0 Å². The second-order valence-electron chi connectivity index (χ2n) is 12.1. The Morgan fingerprint density at radius 2 is 0.833 bits per heavy atom. The summed E-state index contributed by atoms with van der Waals surface area (Å²) < 4.78 is 54.5. The summed E-state index contributed by atoms with van der Waals surface area (Å²) in [6.45, 7) is 2.53. The van der Waals surface area contributed by atoms with Crippen molar-refractivity contribution in [2.45, 2.75) is 46.3 Å². The first-order valence-electron chi connectivity index (χ1n) is 17.1. The molecule has 3 aromatic heterocycles. The highest BCUT2D eigenvalue weighted by molar-refractivity contribution is 8.33. The lowest BCUT2D eigenvalue weighted by atomic mass is 10.2. The molecule has 0 radical (unpaired) electrons. The Morgan fingerprint density at radius 1 is 0.444 bits per heavy atom. The minimum Gasteiger partial charge on any atom is -0.487 e. The van der Waals surface area contributed by atoms with Crippen molar-refractivity contribution in [2.24, 2.45) is 0 Å². The number of nitrogens with zero attached hydrogens (tertiary/aromatic N) is 3. The van der Waals surface area contributed by atoms with E-state index in [0.717, 1.165) is 22.6 Å². The number of aromatic nitrogens is 3. The topological polar surface area (TPSA) is 110 Å². The van der Waals surface area contributed by atoms with Crippen molar-refractivity contribution in [3.05, 3.63) is 193 Å². The van der Waals surface area contributed by atoms with Crippen LogP contribution in [-0.2, 0) is 33.6 Å². The maximum atomic E-state index is 14.5. The summed E-state index contributed by atoms with van der Waals surface area (Å²) in [5.41, 5.74) is 3.15. The van der Waals surface area contributed by atoms with Gasteiger partial charge in [-0.2, -0.15) is 8.42 Å². The number of pyridine rings is 3. The smallest absolute Gasteiger partial charge is 0.307 e. The molecular formula is C43H37N3O6S2. The summed E-state index contributed by atoms with van der Waals surface area (Å²) in [7, 11) is -7.54. The van der Waals surface area contributed by atoms with E-state index in [-0.39, 0.29) is 24.7 Å². The molecule has 54 heavy (non-hydrogen) atoms. The predicted molar refractivity (Wildman–Crippen MR) is 207 cm³/mol. The lowest BCUT2D eigenvalue weighted by Gasteiger charge is -2.39. The number of aryl methyl sites for hydroxylation is 1. The lowest BCUT2D eigenvalue weighted by Crippen LogP contribution is -2.15. The van der Waals surface area contributed by atoms with E-state index in [4.69, 9.17) is 17.8 Å². The number of hydrogen-bond donors (Lipinski definition) is 0. The Balaban J connectivity index is 1.38. The van der Waals surface area contributed by atoms with E-state index in [9.17, 15) is 8.42 Å². The zero-order valence-corrected chi connectivity index (χ0v) is 31.0. The molecular weight excluding hydrogens is 719 g/mol. The van der Waals surface area contributed by atoms with E-state index in [0.29, 0.717) is 31.9 Å². The molecule has 0 fully saturated rings. The second-order valence-corrected chi connectivity index (χ2v) is 16.6. The van der Waals surface area contributed by atoms with Gasteiger partial charge in [-0.15, -0.1) is 0 Å². The Hall–Kier alpha value is -6.01. The van der Waals surface area contributed by atoms with E-state index < -0.39 is 20.4 Å². The van der Waals surface area contributed by atoms with Crippen molar-refractivity contribution >= 4 is 20.4 Å². The molecule has 272 valence electrons. The molecule has 0 spiro atoms. The van der Waals surface area contributed by atoms with Gasteiger partial charge in [0.1, 0.15) is 37.1 Å². The Kier molecular flexibility index (Phi) is 11.3. The van der Waals surface area contributed by atoms with Crippen molar-refractivity contribution in [2.75, 3.05) is 0 Å². The van der Waals surface area contributed by atoms with Crippen molar-refractivity contribution in [1.29, 1.82) is 0 Å². The van der Waals surface area contributed by atoms with Gasteiger partial charge in [0.15, 0.2) is 0 Å². The maximum absolute atomic E-state index is 14.5. The number of rotatable bonds is 15. The highest BCUT2D eigenvalue weighted by atomic mass is 32.3. The molecule has 0 bridgehead atoms. The number of benzene rings is 4. The van der Waals surface area contributed by atoms with E-state index >= 15 is 0 Å². The minimum atomic E-state index is -4.40. The van der Waals surface area contributed by atoms with Crippen LogP contribution in [0.5, 0.6) is 17.2 Å². The van der Waals surface area contributed by atoms with E-state index in [2.05, 4.69) is 15.0 Å². The highest BCUT2D eigenvalue weighted by Gasteiger charge is 2.39. The van der Waals surface area contributed by atoms with E-state index in [1.54, 1.807) is 42.9 Å². The van der Waals surface area contributed by atoms with Crippen LogP contribution in [0.1, 0.15) is 22.6 Å². The first-order valence-corrected chi connectivity index (χ1v) is 20.1. The summed E-state index contributed by atoms with van der Waals surface area (Å²) in [6, 6.07) is 45.5. The van der Waals surface area contributed by atoms with Crippen LogP contribution in [0, 0.1) is 6.92 Å². The van der Waals surface area contributed by atoms with Gasteiger partial charge in [0.2, 0.25) is 0 Å². The van der Waals surface area contributed by atoms with Gasteiger partial charge in [-0.1, -0.05) is 54.1 Å². The van der Waals surface area contributed by atoms with Crippen LogP contribution in [0.15, 0.2) is 190 Å². The summed E-state index contributed by atoms with van der Waals surface area (Å²) in [5.74, 6) is 1.53. The Morgan fingerprint density at radius 3 is 1.19 bits per heavy atom. The largest absolute Gasteiger partial charge is 0.487 e. The van der Waals surface area contributed by atoms with Crippen LogP contribution in [-0.4, -0.2) is 23.4 Å². The molecule has 0 saturated carbocycles. The minimum absolute atomic E-state index is 0.0256. The monoisotopic (exact) mass is 755 g/mol. The van der Waals surface area contributed by atoms with Gasteiger partial charge in [-0.05, 0) is 120 Å². The van der Waals surface area contributed by atoms with Crippen molar-refractivity contribution in [3.8, 4) is 17.2 Å². The predicted octanol–water partition coefficient (Wildman–Crippen LogP) is 9.52. The Bertz CT molecular complexity index is 2190. The standard InChI is InChI=1S/C43H37N3O6S2/c1-33-20-22-40(23-21-33)54(47,48)52-53(41-17-8-14-37(27-41)49-30-34-11-2-5-24-44-34,42-18-9-15-38(28-42)50-31-35-12-3-6-25-45-35)43-19-10-16-39(29-43)51-32-36-13-4-7-26-46-36/h2-29H,30-32H2,1H3. The number of hydrogen-bond acceptors (Lipinski definition) is 9. The molecule has 0 atom stereocenters. The molecule has 0 aliphatic heterocycles. The van der Waals surface area contributed by atoms with Crippen LogP contribution < -0.4 is 14.2 Å². The third kappa shape index (κ3) is 8.78. The van der Waals surface area contributed by atoms with Gasteiger partial charge in [0.25, 0.3) is 0 Å². The summed E-state index contributed by atoms with van der Waals surface area (Å²) in [5, 5.41) is 0. The average Bonchev–Trinajstić information content (AvgIpc) is 3.22. The average molecular weight is 756 g/mol. The van der Waals surface area contributed by atoms with Crippen LogP contribution >= 0.6 is 10.3 Å². The summed E-state index contributed by atoms with van der Waals surface area (Å²) in [4.78, 5) is 14.9. The van der Waals surface area contributed by atoms with Gasteiger partial charge >= 0.3 is 10.1 Å². The first kappa shape index (κ1) is 36.4. The zero-order valence-electron chi connectivity index (χ0n) is 29.4. The molecule has 0 aliphatic rings. The fourth-order valence-corrected chi connectivity index (χ4v) is 10.8. The van der Waals surface area contributed by atoms with E-state index in [1.165, 1.54) is 0 Å². The van der Waals surface area contributed by atoms with Gasteiger partial charge in [-0.3, -0.25) is 15.0 Å². The van der Waals surface area contributed by atoms with Crippen molar-refractivity contribution < 1.29 is 26.3 Å². The third-order valence-corrected chi connectivity index (χ3v) is 13.4. The third-order valence-electron chi connectivity index (χ3n) is 8.25. The zero-order chi connectivity index (χ0) is 37.2. The molecule has 0 N–H and O–H groups in total. The Labute approximate surface area is 316 Å². The SMILES string of the molecule is Cc1ccc(S(=O)(=O)OS(c2cccc(OCc3ccccn3)c2)(c2cccc(OCc3ccccn3)c2)c2cccc(OCc3ccccn3)c2)cc1. The molecule has 4 aromatic carbocycles. The highest BCUT2D eigenvalue weighted by Crippen LogP contribution is 2.71. The molecule has 0 amide bonds. The van der Waals surface area contributed by atoms with Gasteiger partial charge in [0.05, 0.1) is 22.0 Å². The fraction of sp³-hybridized carbons (Fsp3) is 0.0930. The second kappa shape index (κ2) is 16.8.